The minimum atomic E-state index is 0.256. The van der Waals surface area contributed by atoms with E-state index < -0.39 is 0 Å². The molecule has 2 heteroatoms. The lowest BCUT2D eigenvalue weighted by Crippen LogP contribution is -2.29. The van der Waals surface area contributed by atoms with Gasteiger partial charge in [0.05, 0.1) is 0 Å². The van der Waals surface area contributed by atoms with Gasteiger partial charge < -0.3 is 10.2 Å². The molecule has 3 aromatic rings. The molecule has 1 aliphatic carbocycles. The summed E-state index contributed by atoms with van der Waals surface area (Å²) in [6.07, 6.45) is 3.98. The first-order valence-corrected chi connectivity index (χ1v) is 7.47. The lowest BCUT2D eigenvalue weighted by Gasteiger charge is -2.16. The average Bonchev–Trinajstić information content (AvgIpc) is 2.54. The Kier molecular flexibility index (Phi) is 2.90. The van der Waals surface area contributed by atoms with Crippen molar-refractivity contribution in [2.24, 2.45) is 0 Å². The molecule has 0 heterocycles. The molecule has 0 atom stereocenters. The van der Waals surface area contributed by atoms with E-state index in [9.17, 15) is 10.2 Å². The zero-order valence-electron chi connectivity index (χ0n) is 12.1. The number of rotatable bonds is 1. The quantitative estimate of drug-likeness (QED) is 0.722. The van der Waals surface area contributed by atoms with Crippen molar-refractivity contribution in [2.45, 2.75) is 12.8 Å². The van der Waals surface area contributed by atoms with Crippen LogP contribution in [0.15, 0.2) is 54.6 Å². The predicted molar refractivity (Wildman–Crippen MR) is 89.2 cm³/mol. The summed E-state index contributed by atoms with van der Waals surface area (Å²) in [7, 11) is 0. The Morgan fingerprint density at radius 1 is 0.864 bits per heavy atom. The smallest absolute Gasteiger partial charge is 0.123 e. The van der Waals surface area contributed by atoms with E-state index in [1.54, 1.807) is 18.2 Å². The summed E-state index contributed by atoms with van der Waals surface area (Å²) in [5.74, 6) is 0.552. The molecule has 0 spiro atoms. The van der Waals surface area contributed by atoms with Crippen molar-refractivity contribution in [2.75, 3.05) is 0 Å². The molecule has 0 amide bonds. The van der Waals surface area contributed by atoms with Crippen molar-refractivity contribution in [1.82, 2.24) is 0 Å². The summed E-state index contributed by atoms with van der Waals surface area (Å²) in [5, 5.41) is 24.6. The summed E-state index contributed by atoms with van der Waals surface area (Å²) in [6, 6.07) is 17.2. The number of benzene rings is 3. The van der Waals surface area contributed by atoms with Crippen LogP contribution in [0.25, 0.3) is 22.4 Å². The molecular weight excluding hydrogens is 272 g/mol. The average molecular weight is 288 g/mol. The van der Waals surface area contributed by atoms with Gasteiger partial charge in [-0.1, -0.05) is 42.5 Å². The number of hydrogen-bond acceptors (Lipinski definition) is 2. The van der Waals surface area contributed by atoms with Gasteiger partial charge >= 0.3 is 0 Å². The maximum Gasteiger partial charge on any atom is 0.123 e. The Balaban J connectivity index is 2.18. The van der Waals surface area contributed by atoms with Gasteiger partial charge in [0.1, 0.15) is 11.5 Å². The van der Waals surface area contributed by atoms with Crippen molar-refractivity contribution in [3.63, 3.8) is 0 Å². The SMILES string of the molecule is Oc1ccc2c(c1)=C(c1c(O)ccc3ccccc13)CCC=2. The molecule has 4 rings (SSSR count). The first-order valence-electron chi connectivity index (χ1n) is 7.47. The van der Waals surface area contributed by atoms with Crippen LogP contribution < -0.4 is 10.4 Å². The van der Waals surface area contributed by atoms with Crippen LogP contribution in [0.5, 0.6) is 11.5 Å². The van der Waals surface area contributed by atoms with Crippen molar-refractivity contribution >= 4 is 22.4 Å². The van der Waals surface area contributed by atoms with Crippen LogP contribution in [0.1, 0.15) is 18.4 Å². The van der Waals surface area contributed by atoms with Crippen LogP contribution >= 0.6 is 0 Å². The molecule has 0 aromatic heterocycles. The number of aromatic hydroxyl groups is 2. The van der Waals surface area contributed by atoms with Gasteiger partial charge in [-0.25, -0.2) is 0 Å². The van der Waals surface area contributed by atoms with E-state index in [0.29, 0.717) is 5.75 Å². The highest BCUT2D eigenvalue weighted by Crippen LogP contribution is 2.34. The van der Waals surface area contributed by atoms with Crippen LogP contribution in [0.4, 0.5) is 0 Å². The molecule has 0 saturated heterocycles. The summed E-state index contributed by atoms with van der Waals surface area (Å²) >= 11 is 0. The normalized spacial score (nSPS) is 13.7. The lowest BCUT2D eigenvalue weighted by molar-refractivity contribution is 0.472. The third-order valence-corrected chi connectivity index (χ3v) is 4.33. The minimum absolute atomic E-state index is 0.256. The van der Waals surface area contributed by atoms with E-state index in [2.05, 4.69) is 12.1 Å². The van der Waals surface area contributed by atoms with Crippen molar-refractivity contribution in [3.05, 3.63) is 70.6 Å². The van der Waals surface area contributed by atoms with E-state index >= 15 is 0 Å². The zero-order chi connectivity index (χ0) is 15.1. The topological polar surface area (TPSA) is 40.5 Å². The summed E-state index contributed by atoms with van der Waals surface area (Å²) in [6.45, 7) is 0. The zero-order valence-corrected chi connectivity index (χ0v) is 12.1. The molecule has 0 radical (unpaired) electrons. The monoisotopic (exact) mass is 288 g/mol. The van der Waals surface area contributed by atoms with E-state index in [1.807, 2.05) is 30.3 Å². The van der Waals surface area contributed by atoms with Crippen LogP contribution in [0, 0.1) is 0 Å². The summed E-state index contributed by atoms with van der Waals surface area (Å²) < 4.78 is 0. The van der Waals surface area contributed by atoms with Gasteiger partial charge in [0.15, 0.2) is 0 Å². The molecule has 22 heavy (non-hydrogen) atoms. The Morgan fingerprint density at radius 3 is 2.64 bits per heavy atom. The van der Waals surface area contributed by atoms with Gasteiger partial charge in [-0.3, -0.25) is 0 Å². The lowest BCUT2D eigenvalue weighted by atomic mass is 9.89. The van der Waals surface area contributed by atoms with Crippen LogP contribution in [-0.2, 0) is 0 Å². The third kappa shape index (κ3) is 1.96. The van der Waals surface area contributed by atoms with Gasteiger partial charge in [0, 0.05) is 5.56 Å². The van der Waals surface area contributed by atoms with Crippen molar-refractivity contribution in [1.29, 1.82) is 0 Å². The number of phenolic OH excluding ortho intramolecular Hbond substituents is 2. The highest BCUT2D eigenvalue weighted by atomic mass is 16.3. The van der Waals surface area contributed by atoms with E-state index in [4.69, 9.17) is 0 Å². The van der Waals surface area contributed by atoms with Gasteiger partial charge in [-0.05, 0) is 57.8 Å². The molecule has 0 bridgehead atoms. The molecule has 1 aliphatic rings. The van der Waals surface area contributed by atoms with Gasteiger partial charge in [0.25, 0.3) is 0 Å². The maximum atomic E-state index is 10.5. The Hall–Kier alpha value is -2.74. The van der Waals surface area contributed by atoms with Crippen molar-refractivity contribution < 1.29 is 10.2 Å². The molecule has 0 unspecified atom stereocenters. The Bertz CT molecular complexity index is 1000. The number of fused-ring (bicyclic) bond motifs is 2. The second-order valence-electron chi connectivity index (χ2n) is 5.67. The summed E-state index contributed by atoms with van der Waals surface area (Å²) in [5.41, 5.74) is 1.99. The Labute approximate surface area is 128 Å². The third-order valence-electron chi connectivity index (χ3n) is 4.33. The fraction of sp³-hybridized carbons (Fsp3) is 0.100. The second-order valence-corrected chi connectivity index (χ2v) is 5.67. The first kappa shape index (κ1) is 13.0. The fourth-order valence-corrected chi connectivity index (χ4v) is 3.33. The maximum absolute atomic E-state index is 10.5. The molecule has 2 N–H and O–H groups in total. The Morgan fingerprint density at radius 2 is 1.73 bits per heavy atom. The molecule has 0 fully saturated rings. The van der Waals surface area contributed by atoms with Crippen LogP contribution in [-0.4, -0.2) is 10.2 Å². The van der Waals surface area contributed by atoms with E-state index in [1.165, 1.54) is 0 Å². The molecular formula is C20H16O2. The second kappa shape index (κ2) is 4.92. The van der Waals surface area contributed by atoms with Crippen LogP contribution in [0.2, 0.25) is 0 Å². The molecule has 108 valence electrons. The van der Waals surface area contributed by atoms with Gasteiger partial charge in [-0.15, -0.1) is 0 Å². The predicted octanol–water partition coefficient (Wildman–Crippen LogP) is 3.02. The van der Waals surface area contributed by atoms with Crippen LogP contribution in [0.3, 0.4) is 0 Å². The first-order chi connectivity index (χ1) is 10.7. The molecule has 3 aromatic carbocycles. The van der Waals surface area contributed by atoms with Gasteiger partial charge in [0.2, 0.25) is 0 Å². The number of hydrogen-bond donors (Lipinski definition) is 2. The fourth-order valence-electron chi connectivity index (χ4n) is 3.33. The molecule has 0 aliphatic heterocycles. The van der Waals surface area contributed by atoms with Crippen molar-refractivity contribution in [3.8, 4) is 11.5 Å². The van der Waals surface area contributed by atoms with E-state index in [0.717, 1.165) is 45.2 Å². The van der Waals surface area contributed by atoms with E-state index in [-0.39, 0.29) is 5.75 Å². The highest BCUT2D eigenvalue weighted by Gasteiger charge is 2.14. The standard InChI is InChI=1S/C20H16O2/c21-15-10-8-14-5-3-7-17(18(14)12-15)20-16-6-2-1-4-13(16)9-11-19(20)22/h1-2,4-6,8-12,21-22H,3,7H2. The largest absolute Gasteiger partial charge is 0.508 e. The summed E-state index contributed by atoms with van der Waals surface area (Å²) in [4.78, 5) is 0. The number of phenols is 2. The molecule has 0 saturated carbocycles. The van der Waals surface area contributed by atoms with Gasteiger partial charge in [-0.2, -0.15) is 0 Å². The highest BCUT2D eigenvalue weighted by molar-refractivity contribution is 5.96. The molecule has 2 nitrogen and oxygen atoms in total. The minimum Gasteiger partial charge on any atom is -0.508 e.